The molecule has 0 aromatic rings. The Morgan fingerprint density at radius 1 is 1.05 bits per heavy atom. The smallest absolute Gasteiger partial charge is 0.338 e. The zero-order valence-corrected chi connectivity index (χ0v) is 26.4. The Labute approximate surface area is 259 Å². The van der Waals surface area contributed by atoms with Crippen LogP contribution >= 0.6 is 0 Å². The average Bonchev–Trinajstić information content (AvgIpc) is 3.47. The van der Waals surface area contributed by atoms with Crippen LogP contribution in [0.2, 0.25) is 0 Å². The highest BCUT2D eigenvalue weighted by Crippen LogP contribution is 2.43. The first-order chi connectivity index (χ1) is 20.9. The molecule has 2 unspecified atom stereocenters. The van der Waals surface area contributed by atoms with Crippen molar-refractivity contribution >= 4 is 23.9 Å². The second-order valence-electron chi connectivity index (χ2n) is 11.2. The second kappa shape index (κ2) is 15.3. The summed E-state index contributed by atoms with van der Waals surface area (Å²) in [5.41, 5.74) is 7.34. The molecule has 2 N–H and O–H groups in total. The summed E-state index contributed by atoms with van der Waals surface area (Å²) < 4.78 is 10.3. The molecule has 8 nitrogen and oxygen atoms in total. The molecule has 0 saturated heterocycles. The molecule has 0 spiro atoms. The molecule has 2 atom stereocenters. The van der Waals surface area contributed by atoms with Gasteiger partial charge >= 0.3 is 23.9 Å². The van der Waals surface area contributed by atoms with Gasteiger partial charge in [0.2, 0.25) is 0 Å². The zero-order chi connectivity index (χ0) is 32.6. The number of ether oxygens (including phenoxy) is 2. The van der Waals surface area contributed by atoms with Crippen LogP contribution in [0.15, 0.2) is 104 Å². The molecule has 0 fully saturated rings. The van der Waals surface area contributed by atoms with Crippen molar-refractivity contribution in [3.05, 3.63) is 104 Å². The number of carboxylic acid groups (broad SMARTS) is 2. The van der Waals surface area contributed by atoms with Crippen molar-refractivity contribution < 1.29 is 38.9 Å². The summed E-state index contributed by atoms with van der Waals surface area (Å²) in [5.74, 6) is -2.99. The number of carbonyl (C=O) groups is 4. The lowest BCUT2D eigenvalue weighted by Crippen LogP contribution is -2.10. The topological polar surface area (TPSA) is 127 Å². The van der Waals surface area contributed by atoms with Crippen LogP contribution in [0.25, 0.3) is 0 Å². The summed E-state index contributed by atoms with van der Waals surface area (Å²) >= 11 is 0. The van der Waals surface area contributed by atoms with Gasteiger partial charge in [-0.25, -0.2) is 9.59 Å². The molecule has 3 rings (SSSR count). The number of aliphatic carboxylic acids is 2. The van der Waals surface area contributed by atoms with Gasteiger partial charge in [0, 0.05) is 12.0 Å². The first-order valence-electron chi connectivity index (χ1n) is 14.9. The minimum absolute atomic E-state index is 0.00409. The van der Waals surface area contributed by atoms with Crippen molar-refractivity contribution in [2.24, 2.45) is 11.8 Å². The van der Waals surface area contributed by atoms with E-state index in [0.29, 0.717) is 36.0 Å². The quantitative estimate of drug-likeness (QED) is 0.193. The normalized spacial score (nSPS) is 21.3. The third kappa shape index (κ3) is 7.92. The van der Waals surface area contributed by atoms with Crippen LogP contribution in [-0.2, 0) is 28.7 Å². The molecule has 0 amide bonds. The maximum atomic E-state index is 13.0. The third-order valence-corrected chi connectivity index (χ3v) is 8.16. The number of rotatable bonds is 11. The molecule has 8 heteroatoms. The summed E-state index contributed by atoms with van der Waals surface area (Å²) in [6.07, 6.45) is 17.7. The number of esters is 2. The molecule has 234 valence electrons. The van der Waals surface area contributed by atoms with E-state index >= 15 is 0 Å². The predicted molar refractivity (Wildman–Crippen MR) is 168 cm³/mol. The Kier molecular flexibility index (Phi) is 11.9. The van der Waals surface area contributed by atoms with E-state index in [4.69, 9.17) is 9.47 Å². The predicted octanol–water partition coefficient (Wildman–Crippen LogP) is 6.90. The summed E-state index contributed by atoms with van der Waals surface area (Å²) in [7, 11) is 2.66. The summed E-state index contributed by atoms with van der Waals surface area (Å²) in [5, 5.41) is 18.6. The molecule has 0 heterocycles. The number of fused-ring (bicyclic) bond motifs is 1. The molecular formula is C36H42O8. The van der Waals surface area contributed by atoms with E-state index in [2.05, 4.69) is 6.08 Å². The number of carboxylic acids is 2. The van der Waals surface area contributed by atoms with Crippen LogP contribution in [-0.4, -0.2) is 48.3 Å². The largest absolute Gasteiger partial charge is 0.481 e. The number of methoxy groups -OCH3 is 2. The van der Waals surface area contributed by atoms with Gasteiger partial charge in [0.1, 0.15) is 0 Å². The van der Waals surface area contributed by atoms with E-state index in [1.54, 1.807) is 25.2 Å². The fourth-order valence-electron chi connectivity index (χ4n) is 5.92. The van der Waals surface area contributed by atoms with Crippen LogP contribution in [0.3, 0.4) is 0 Å². The molecule has 3 aliphatic rings. The van der Waals surface area contributed by atoms with Gasteiger partial charge < -0.3 is 19.7 Å². The van der Waals surface area contributed by atoms with Gasteiger partial charge in [0.05, 0.1) is 31.8 Å². The van der Waals surface area contributed by atoms with E-state index in [1.165, 1.54) is 14.2 Å². The van der Waals surface area contributed by atoms with Crippen LogP contribution < -0.4 is 0 Å². The summed E-state index contributed by atoms with van der Waals surface area (Å²) in [6.45, 7) is 7.68. The first-order valence-corrected chi connectivity index (χ1v) is 14.9. The maximum Gasteiger partial charge on any atom is 0.338 e. The van der Waals surface area contributed by atoms with E-state index < -0.39 is 23.9 Å². The highest BCUT2D eigenvalue weighted by Gasteiger charge is 2.30. The molecule has 0 radical (unpaired) electrons. The zero-order valence-electron chi connectivity index (χ0n) is 26.4. The summed E-state index contributed by atoms with van der Waals surface area (Å²) in [6, 6.07) is 0. The molecule has 3 aliphatic carbocycles. The summed E-state index contributed by atoms with van der Waals surface area (Å²) in [4.78, 5) is 48.7. The molecule has 0 saturated carbocycles. The van der Waals surface area contributed by atoms with E-state index in [-0.39, 0.29) is 24.7 Å². The Morgan fingerprint density at radius 3 is 2.36 bits per heavy atom. The van der Waals surface area contributed by atoms with Gasteiger partial charge in [-0.15, -0.1) is 0 Å². The third-order valence-electron chi connectivity index (χ3n) is 8.16. The molecular weight excluding hydrogens is 560 g/mol. The number of carbonyl (C=O) groups excluding carboxylic acids is 2. The number of hydrogen-bond acceptors (Lipinski definition) is 6. The van der Waals surface area contributed by atoms with Crippen molar-refractivity contribution in [1.82, 2.24) is 0 Å². The van der Waals surface area contributed by atoms with Gasteiger partial charge in [-0.05, 0) is 103 Å². The van der Waals surface area contributed by atoms with Gasteiger partial charge in [0.25, 0.3) is 0 Å². The Bertz CT molecular complexity index is 1500. The van der Waals surface area contributed by atoms with Crippen LogP contribution in [0.5, 0.6) is 0 Å². The van der Waals surface area contributed by atoms with Gasteiger partial charge in [-0.1, -0.05) is 49.5 Å². The Morgan fingerprint density at radius 2 is 1.77 bits per heavy atom. The lowest BCUT2D eigenvalue weighted by atomic mass is 9.89. The Balaban J connectivity index is 2.25. The fourth-order valence-corrected chi connectivity index (χ4v) is 5.92. The van der Waals surface area contributed by atoms with E-state index in [9.17, 15) is 29.4 Å². The number of allylic oxidation sites excluding steroid dienone is 14. The molecule has 0 aliphatic heterocycles. The monoisotopic (exact) mass is 602 g/mol. The number of hydrogen-bond donors (Lipinski definition) is 2. The molecule has 0 bridgehead atoms. The SMILES string of the molecule is CC=C(C(=O)OC)C1=C(C=C2C=C(C)C3=C(C(=O)OC)C=CC(CC(=O)O)CCC=C23)C=C(C)C1=CC(CC)CCC(=O)O. The average molecular weight is 603 g/mol. The fraction of sp³-hybridized carbons (Fsp3) is 0.389. The minimum atomic E-state index is -0.902. The van der Waals surface area contributed by atoms with Crippen molar-refractivity contribution in [3.63, 3.8) is 0 Å². The molecule has 0 aromatic carbocycles. The van der Waals surface area contributed by atoms with Crippen molar-refractivity contribution in [3.8, 4) is 0 Å². The van der Waals surface area contributed by atoms with Crippen LogP contribution in [0.4, 0.5) is 0 Å². The van der Waals surface area contributed by atoms with Crippen LogP contribution in [0, 0.1) is 11.8 Å². The van der Waals surface area contributed by atoms with Crippen molar-refractivity contribution in [2.45, 2.75) is 66.2 Å². The molecule has 0 aromatic heterocycles. The van der Waals surface area contributed by atoms with Gasteiger partial charge in [-0.3, -0.25) is 9.59 Å². The minimum Gasteiger partial charge on any atom is -0.481 e. The lowest BCUT2D eigenvalue weighted by Gasteiger charge is -2.16. The first kappa shape index (κ1) is 34.0. The van der Waals surface area contributed by atoms with Crippen molar-refractivity contribution in [1.29, 1.82) is 0 Å². The van der Waals surface area contributed by atoms with E-state index in [0.717, 1.165) is 45.4 Å². The van der Waals surface area contributed by atoms with Crippen LogP contribution in [0.1, 0.15) is 66.2 Å². The van der Waals surface area contributed by atoms with Crippen molar-refractivity contribution in [2.75, 3.05) is 14.2 Å². The standard InChI is InChI=1S/C36H42O8/c1-7-23(13-15-31(37)38)18-30-21(3)16-26(34(30)27(8-2)35(41)43-5)20-25-17-22(4)33-28(25)11-9-10-24(19-32(39)40)12-14-29(33)36(42)44-6/h8,11-12,14,16-18,20,23-24H,7,9-10,13,15,19H2,1-6H3,(H,37,38)(H,39,40). The Hall–Kier alpha value is -4.46. The van der Waals surface area contributed by atoms with Gasteiger partial charge in [-0.2, -0.15) is 0 Å². The highest BCUT2D eigenvalue weighted by molar-refractivity contribution is 5.98. The van der Waals surface area contributed by atoms with Gasteiger partial charge in [0.15, 0.2) is 0 Å². The molecule has 44 heavy (non-hydrogen) atoms. The lowest BCUT2D eigenvalue weighted by molar-refractivity contribution is -0.138. The van der Waals surface area contributed by atoms with E-state index in [1.807, 2.05) is 45.1 Å². The highest BCUT2D eigenvalue weighted by atomic mass is 16.5. The maximum absolute atomic E-state index is 13.0. The second-order valence-corrected chi connectivity index (χ2v) is 11.2.